The zero-order valence-corrected chi connectivity index (χ0v) is 7.03. The van der Waals surface area contributed by atoms with Gasteiger partial charge in [0.15, 0.2) is 0 Å². The highest BCUT2D eigenvalue weighted by atomic mass is 19.1. The minimum absolute atomic E-state index is 0.172. The molecule has 0 aliphatic rings. The molecular formula is C9H6FNO3. The predicted octanol–water partition coefficient (Wildman–Crippen LogP) is 1.08. The van der Waals surface area contributed by atoms with E-state index in [-0.39, 0.29) is 17.9 Å². The van der Waals surface area contributed by atoms with Gasteiger partial charge in [0.05, 0.1) is 11.0 Å². The molecule has 0 atom stereocenters. The van der Waals surface area contributed by atoms with E-state index in [1.807, 2.05) is 0 Å². The van der Waals surface area contributed by atoms with Gasteiger partial charge in [-0.25, -0.2) is 4.39 Å². The second-order valence-corrected chi connectivity index (χ2v) is 2.42. The number of hydrogen-bond donors (Lipinski definition) is 1. The SMILES string of the molecule is O=[N+]([O-])c1cc(F)cc(C#CCO)c1. The lowest BCUT2D eigenvalue weighted by Crippen LogP contribution is -1.90. The van der Waals surface area contributed by atoms with Crippen LogP contribution in [0.25, 0.3) is 0 Å². The Balaban J connectivity index is 3.13. The minimum atomic E-state index is -0.721. The number of rotatable bonds is 1. The first-order valence-electron chi connectivity index (χ1n) is 3.68. The van der Waals surface area contributed by atoms with Gasteiger partial charge in [0, 0.05) is 11.6 Å². The van der Waals surface area contributed by atoms with Crippen molar-refractivity contribution in [3.63, 3.8) is 0 Å². The van der Waals surface area contributed by atoms with E-state index < -0.39 is 10.7 Å². The summed E-state index contributed by atoms with van der Waals surface area (Å²) >= 11 is 0. The Bertz CT molecular complexity index is 420. The quantitative estimate of drug-likeness (QED) is 0.414. The van der Waals surface area contributed by atoms with Gasteiger partial charge in [-0.05, 0) is 6.07 Å². The summed E-state index contributed by atoms with van der Waals surface area (Å²) in [5.41, 5.74) is -0.182. The highest BCUT2D eigenvalue weighted by molar-refractivity contribution is 5.43. The summed E-state index contributed by atoms with van der Waals surface area (Å²) in [7, 11) is 0. The third-order valence-corrected chi connectivity index (χ3v) is 1.41. The number of aliphatic hydroxyl groups excluding tert-OH is 1. The second-order valence-electron chi connectivity index (χ2n) is 2.42. The van der Waals surface area contributed by atoms with Crippen LogP contribution in [0, 0.1) is 27.8 Å². The summed E-state index contributed by atoms with van der Waals surface area (Å²) < 4.78 is 12.8. The monoisotopic (exact) mass is 195 g/mol. The predicted molar refractivity (Wildman–Crippen MR) is 47.0 cm³/mol. The lowest BCUT2D eigenvalue weighted by Gasteiger charge is -1.93. The van der Waals surface area contributed by atoms with E-state index in [2.05, 4.69) is 11.8 Å². The fraction of sp³-hybridized carbons (Fsp3) is 0.111. The summed E-state index contributed by atoms with van der Waals surface area (Å²) in [4.78, 5) is 9.62. The molecule has 4 nitrogen and oxygen atoms in total. The standard InChI is InChI=1S/C9H6FNO3/c10-8-4-7(2-1-3-12)5-9(6-8)11(13)14/h4-6,12H,3H2. The molecule has 72 valence electrons. The van der Waals surface area contributed by atoms with Crippen LogP contribution >= 0.6 is 0 Å². The van der Waals surface area contributed by atoms with Crippen LogP contribution in [-0.4, -0.2) is 16.6 Å². The largest absolute Gasteiger partial charge is 0.384 e. The lowest BCUT2D eigenvalue weighted by molar-refractivity contribution is -0.385. The van der Waals surface area contributed by atoms with Crippen LogP contribution < -0.4 is 0 Å². The van der Waals surface area contributed by atoms with Gasteiger partial charge in [-0.1, -0.05) is 11.8 Å². The van der Waals surface area contributed by atoms with Crippen molar-refractivity contribution in [3.8, 4) is 11.8 Å². The van der Waals surface area contributed by atoms with Gasteiger partial charge in [-0.2, -0.15) is 0 Å². The second kappa shape index (κ2) is 4.35. The van der Waals surface area contributed by atoms with Gasteiger partial charge >= 0.3 is 0 Å². The molecule has 0 spiro atoms. The van der Waals surface area contributed by atoms with Crippen molar-refractivity contribution in [1.29, 1.82) is 0 Å². The molecule has 0 aromatic heterocycles. The maximum Gasteiger partial charge on any atom is 0.273 e. The van der Waals surface area contributed by atoms with Crippen LogP contribution in [0.15, 0.2) is 18.2 Å². The number of aliphatic hydroxyl groups is 1. The van der Waals surface area contributed by atoms with Crippen LogP contribution in [0.3, 0.4) is 0 Å². The van der Waals surface area contributed by atoms with Crippen molar-refractivity contribution in [3.05, 3.63) is 39.7 Å². The highest BCUT2D eigenvalue weighted by Crippen LogP contribution is 2.15. The maximum absolute atomic E-state index is 12.8. The van der Waals surface area contributed by atoms with E-state index >= 15 is 0 Å². The van der Waals surface area contributed by atoms with Gasteiger partial charge in [0.25, 0.3) is 5.69 Å². The molecule has 1 rings (SSSR count). The zero-order chi connectivity index (χ0) is 10.6. The average Bonchev–Trinajstić information content (AvgIpc) is 2.14. The van der Waals surface area contributed by atoms with Crippen molar-refractivity contribution in [2.24, 2.45) is 0 Å². The molecule has 0 radical (unpaired) electrons. The van der Waals surface area contributed by atoms with Crippen LogP contribution in [0.5, 0.6) is 0 Å². The van der Waals surface area contributed by atoms with E-state index in [1.165, 1.54) is 0 Å². The number of nitro benzene ring substituents is 1. The maximum atomic E-state index is 12.8. The number of non-ortho nitro benzene ring substituents is 1. The molecule has 14 heavy (non-hydrogen) atoms. The first-order valence-corrected chi connectivity index (χ1v) is 3.68. The first-order chi connectivity index (χ1) is 6.63. The summed E-state index contributed by atoms with van der Waals surface area (Å²) in [5, 5.41) is 18.7. The molecule has 0 saturated carbocycles. The molecule has 1 N–H and O–H groups in total. The smallest absolute Gasteiger partial charge is 0.273 e. The van der Waals surface area contributed by atoms with E-state index in [9.17, 15) is 14.5 Å². The van der Waals surface area contributed by atoms with Crippen LogP contribution in [0.4, 0.5) is 10.1 Å². The Morgan fingerprint density at radius 2 is 2.21 bits per heavy atom. The Morgan fingerprint density at radius 3 is 2.79 bits per heavy atom. The highest BCUT2D eigenvalue weighted by Gasteiger charge is 2.08. The molecule has 0 amide bonds. The molecule has 1 aromatic rings. The molecule has 5 heteroatoms. The number of nitro groups is 1. The van der Waals surface area contributed by atoms with Gasteiger partial charge < -0.3 is 5.11 Å². The first kappa shape index (κ1) is 10.2. The van der Waals surface area contributed by atoms with Gasteiger partial charge in [-0.3, -0.25) is 10.1 Å². The Labute approximate surface area is 79.1 Å². The molecule has 0 bridgehead atoms. The molecule has 0 unspecified atom stereocenters. The lowest BCUT2D eigenvalue weighted by atomic mass is 10.2. The fourth-order valence-corrected chi connectivity index (χ4v) is 0.893. The Hall–Kier alpha value is -1.93. The molecular weight excluding hydrogens is 189 g/mol. The van der Waals surface area contributed by atoms with Crippen LogP contribution in [-0.2, 0) is 0 Å². The molecule has 1 aromatic carbocycles. The molecule has 0 saturated heterocycles. The van der Waals surface area contributed by atoms with Crippen molar-refractivity contribution in [2.45, 2.75) is 0 Å². The Kier molecular flexibility index (Phi) is 3.15. The van der Waals surface area contributed by atoms with E-state index in [1.54, 1.807) is 0 Å². The summed E-state index contributed by atoms with van der Waals surface area (Å²) in [5.74, 6) is 3.94. The molecule has 0 fully saturated rings. The number of benzene rings is 1. The number of halogens is 1. The van der Waals surface area contributed by atoms with Crippen LogP contribution in [0.2, 0.25) is 0 Å². The van der Waals surface area contributed by atoms with Gasteiger partial charge in [0.1, 0.15) is 12.4 Å². The fourth-order valence-electron chi connectivity index (χ4n) is 0.893. The topological polar surface area (TPSA) is 63.4 Å². The van der Waals surface area contributed by atoms with Crippen molar-refractivity contribution in [1.82, 2.24) is 0 Å². The Morgan fingerprint density at radius 1 is 1.50 bits per heavy atom. The van der Waals surface area contributed by atoms with Crippen molar-refractivity contribution < 1.29 is 14.4 Å². The van der Waals surface area contributed by atoms with Crippen molar-refractivity contribution >= 4 is 5.69 Å². The minimum Gasteiger partial charge on any atom is -0.384 e. The number of hydrogen-bond acceptors (Lipinski definition) is 3. The number of nitrogens with zero attached hydrogens (tertiary/aromatic N) is 1. The summed E-state index contributed by atoms with van der Waals surface area (Å²) in [6.07, 6.45) is 0. The van der Waals surface area contributed by atoms with E-state index in [0.29, 0.717) is 0 Å². The third kappa shape index (κ3) is 2.54. The van der Waals surface area contributed by atoms with E-state index in [4.69, 9.17) is 5.11 Å². The van der Waals surface area contributed by atoms with Crippen LogP contribution in [0.1, 0.15) is 5.56 Å². The summed E-state index contributed by atoms with van der Waals surface area (Å²) in [6, 6.07) is 3.02. The zero-order valence-electron chi connectivity index (χ0n) is 7.03. The third-order valence-electron chi connectivity index (χ3n) is 1.41. The average molecular weight is 195 g/mol. The van der Waals surface area contributed by atoms with Gasteiger partial charge in [0.2, 0.25) is 0 Å². The molecule has 0 aliphatic heterocycles. The summed E-state index contributed by atoms with van der Waals surface area (Å²) in [6.45, 7) is -0.371. The van der Waals surface area contributed by atoms with Gasteiger partial charge in [-0.15, -0.1) is 0 Å². The molecule has 0 aliphatic carbocycles. The van der Waals surface area contributed by atoms with E-state index in [0.717, 1.165) is 18.2 Å². The molecule has 0 heterocycles. The van der Waals surface area contributed by atoms with Crippen molar-refractivity contribution in [2.75, 3.05) is 6.61 Å². The normalized spacial score (nSPS) is 9.00.